The Kier molecular flexibility index (Phi) is 3.39. The molecule has 0 unspecified atom stereocenters. The second-order valence-corrected chi connectivity index (χ2v) is 17.1. The molecule has 1 fully saturated rings. The van der Waals surface area contributed by atoms with Crippen LogP contribution in [0.3, 0.4) is 0 Å². The molecule has 0 amide bonds. The molecule has 0 saturated carbocycles. The minimum atomic E-state index is -1.78. The zero-order valence-electron chi connectivity index (χ0n) is 13.8. The first kappa shape index (κ1) is 15.5. The number of rotatable bonds is 0. The molecular weight excluding hydrogens is 223 g/mol. The Morgan fingerprint density at radius 3 is 0.882 bits per heavy atom. The van der Waals surface area contributed by atoms with E-state index in [1.54, 1.807) is 0 Å². The molecule has 0 radical (unpaired) electrons. The van der Waals surface area contributed by atoms with Crippen molar-refractivity contribution < 1.29 is 0 Å². The molecular formula is C16H35P. The molecule has 0 bridgehead atoms. The van der Waals surface area contributed by atoms with Gasteiger partial charge in [-0.3, -0.25) is 0 Å². The average Bonchev–Trinajstić information content (AvgIpc) is 2.43. The van der Waals surface area contributed by atoms with Crippen LogP contribution in [0, 0.1) is 0 Å². The molecule has 1 saturated heterocycles. The molecule has 0 nitrogen and oxygen atoms in total. The monoisotopic (exact) mass is 258 g/mol. The quantitative estimate of drug-likeness (QED) is 0.487. The summed E-state index contributed by atoms with van der Waals surface area (Å²) in [6.07, 6.45) is 5.96. The maximum absolute atomic E-state index is 2.53. The van der Waals surface area contributed by atoms with Crippen LogP contribution in [0.1, 0.15) is 75.2 Å². The molecule has 0 aliphatic carbocycles. The molecule has 0 N–H and O–H groups in total. The number of hydrogen-bond donors (Lipinski definition) is 0. The Balaban J connectivity index is 3.68. The van der Waals surface area contributed by atoms with Crippen molar-refractivity contribution in [3.8, 4) is 0 Å². The number of hydrogen-bond acceptors (Lipinski definition) is 0. The van der Waals surface area contributed by atoms with E-state index in [1.165, 1.54) is 25.2 Å². The standard InChI is InChI=1S/C16H35P/c1-14(2,3)17(15(4,5)6,16(7,8)9)12-10-11-13-17/h10-13H2,1-9H3. The molecule has 0 spiro atoms. The molecule has 0 aromatic rings. The van der Waals surface area contributed by atoms with Crippen molar-refractivity contribution in [3.63, 3.8) is 0 Å². The summed E-state index contributed by atoms with van der Waals surface area (Å²) in [5.41, 5.74) is 0. The average molecular weight is 258 g/mol. The Labute approximate surface area is 110 Å². The zero-order valence-corrected chi connectivity index (χ0v) is 14.7. The molecule has 1 aliphatic heterocycles. The first-order chi connectivity index (χ1) is 7.30. The summed E-state index contributed by atoms with van der Waals surface area (Å²) in [7, 11) is 0. The van der Waals surface area contributed by atoms with Crippen molar-refractivity contribution >= 4 is 6.60 Å². The predicted molar refractivity (Wildman–Crippen MR) is 85.1 cm³/mol. The Morgan fingerprint density at radius 2 is 0.765 bits per heavy atom. The molecule has 0 aromatic carbocycles. The van der Waals surface area contributed by atoms with Crippen molar-refractivity contribution in [2.75, 3.05) is 12.3 Å². The summed E-state index contributed by atoms with van der Waals surface area (Å²) in [6, 6.07) is 0. The van der Waals surface area contributed by atoms with Gasteiger partial charge in [0.1, 0.15) is 0 Å². The maximum atomic E-state index is 2.53. The van der Waals surface area contributed by atoms with Gasteiger partial charge in [-0.25, -0.2) is 0 Å². The van der Waals surface area contributed by atoms with Gasteiger partial charge in [-0.2, -0.15) is 0 Å². The second-order valence-electron chi connectivity index (χ2n) is 9.17. The van der Waals surface area contributed by atoms with Crippen molar-refractivity contribution in [1.82, 2.24) is 0 Å². The minimum absolute atomic E-state index is 0.471. The van der Waals surface area contributed by atoms with Gasteiger partial charge in [0.15, 0.2) is 0 Å². The van der Waals surface area contributed by atoms with Gasteiger partial charge in [0.05, 0.1) is 0 Å². The second kappa shape index (κ2) is 3.72. The zero-order chi connectivity index (χ0) is 13.8. The third kappa shape index (κ3) is 1.52. The fourth-order valence-corrected chi connectivity index (χ4v) is 18.2. The van der Waals surface area contributed by atoms with Gasteiger partial charge < -0.3 is 0 Å². The van der Waals surface area contributed by atoms with Crippen molar-refractivity contribution in [1.29, 1.82) is 0 Å². The van der Waals surface area contributed by atoms with Crippen LogP contribution in [0.5, 0.6) is 0 Å². The van der Waals surface area contributed by atoms with Gasteiger partial charge >= 0.3 is 110 Å². The first-order valence-electron chi connectivity index (χ1n) is 7.30. The summed E-state index contributed by atoms with van der Waals surface area (Å²) in [5, 5.41) is 1.41. The van der Waals surface area contributed by atoms with Crippen LogP contribution in [-0.2, 0) is 0 Å². The summed E-state index contributed by atoms with van der Waals surface area (Å²) in [5.74, 6) is 0. The SMILES string of the molecule is CC(C)(C)P1(C(C)(C)C)(C(C)(C)C)CCCC1. The molecule has 1 heterocycles. The summed E-state index contributed by atoms with van der Waals surface area (Å²) in [6.45, 7) is 21.0. The molecule has 1 heteroatoms. The van der Waals surface area contributed by atoms with Crippen LogP contribution in [0.2, 0.25) is 0 Å². The fraction of sp³-hybridized carbons (Fsp3) is 1.00. The fourth-order valence-electron chi connectivity index (χ4n) is 6.06. The Morgan fingerprint density at radius 1 is 0.529 bits per heavy atom. The van der Waals surface area contributed by atoms with Crippen LogP contribution in [-0.4, -0.2) is 27.8 Å². The molecule has 0 atom stereocenters. The predicted octanol–water partition coefficient (Wildman–Crippen LogP) is 5.73. The van der Waals surface area contributed by atoms with Crippen molar-refractivity contribution in [2.45, 2.75) is 90.6 Å². The van der Waals surface area contributed by atoms with Gasteiger partial charge in [-0.05, 0) is 0 Å². The van der Waals surface area contributed by atoms with E-state index in [9.17, 15) is 0 Å². The van der Waals surface area contributed by atoms with Gasteiger partial charge in [0, 0.05) is 0 Å². The molecule has 1 rings (SSSR count). The van der Waals surface area contributed by atoms with Crippen LogP contribution in [0.25, 0.3) is 0 Å². The molecule has 104 valence electrons. The van der Waals surface area contributed by atoms with Gasteiger partial charge in [-0.15, -0.1) is 0 Å². The Bertz CT molecular complexity index is 244. The van der Waals surface area contributed by atoms with Gasteiger partial charge in [0.25, 0.3) is 0 Å². The van der Waals surface area contributed by atoms with Gasteiger partial charge in [0.2, 0.25) is 0 Å². The first-order valence-corrected chi connectivity index (χ1v) is 9.91. The van der Waals surface area contributed by atoms with Crippen LogP contribution >= 0.6 is 6.60 Å². The van der Waals surface area contributed by atoms with Crippen LogP contribution < -0.4 is 0 Å². The van der Waals surface area contributed by atoms with E-state index in [2.05, 4.69) is 62.3 Å². The van der Waals surface area contributed by atoms with Crippen molar-refractivity contribution in [3.05, 3.63) is 0 Å². The van der Waals surface area contributed by atoms with E-state index in [4.69, 9.17) is 0 Å². The topological polar surface area (TPSA) is 0 Å². The van der Waals surface area contributed by atoms with E-state index in [0.29, 0.717) is 15.5 Å². The van der Waals surface area contributed by atoms with Crippen molar-refractivity contribution in [2.24, 2.45) is 0 Å². The molecule has 1 aliphatic rings. The van der Waals surface area contributed by atoms with E-state index in [1.807, 2.05) is 0 Å². The van der Waals surface area contributed by atoms with Gasteiger partial charge in [-0.1, -0.05) is 0 Å². The van der Waals surface area contributed by atoms with E-state index >= 15 is 0 Å². The third-order valence-corrected chi connectivity index (χ3v) is 18.7. The van der Waals surface area contributed by atoms with Crippen LogP contribution in [0.4, 0.5) is 0 Å². The summed E-state index contributed by atoms with van der Waals surface area (Å²) in [4.78, 5) is 0. The molecule has 0 aromatic heterocycles. The van der Waals surface area contributed by atoms with E-state index in [0.717, 1.165) is 0 Å². The van der Waals surface area contributed by atoms with E-state index in [-0.39, 0.29) is 0 Å². The van der Waals surface area contributed by atoms with E-state index < -0.39 is 6.60 Å². The summed E-state index contributed by atoms with van der Waals surface area (Å²) < 4.78 is 0. The molecule has 17 heavy (non-hydrogen) atoms. The summed E-state index contributed by atoms with van der Waals surface area (Å²) >= 11 is 0. The Hall–Kier alpha value is 0.430. The normalized spacial score (nSPS) is 27.5. The van der Waals surface area contributed by atoms with Crippen LogP contribution in [0.15, 0.2) is 0 Å². The third-order valence-electron chi connectivity index (χ3n) is 6.41.